The summed E-state index contributed by atoms with van der Waals surface area (Å²) in [4.78, 5) is 12.1. The first kappa shape index (κ1) is 10.8. The lowest BCUT2D eigenvalue weighted by molar-refractivity contribution is 0.766. The van der Waals surface area contributed by atoms with E-state index in [1.54, 1.807) is 7.05 Å². The van der Waals surface area contributed by atoms with Gasteiger partial charge in [-0.3, -0.25) is 4.57 Å². The Morgan fingerprint density at radius 3 is 2.81 bits per heavy atom. The van der Waals surface area contributed by atoms with Crippen molar-refractivity contribution in [3.8, 4) is 0 Å². The molecule has 1 aromatic heterocycles. The van der Waals surface area contributed by atoms with Gasteiger partial charge in [0.1, 0.15) is 0 Å². The molecule has 0 aliphatic rings. The number of rotatable bonds is 2. The van der Waals surface area contributed by atoms with Crippen LogP contribution in [0.3, 0.4) is 0 Å². The Morgan fingerprint density at radius 1 is 1.50 bits per heavy atom. The summed E-state index contributed by atoms with van der Waals surface area (Å²) in [5.74, 6) is 0. The first-order chi connectivity index (χ1) is 7.59. The second kappa shape index (κ2) is 4.05. The summed E-state index contributed by atoms with van der Waals surface area (Å²) in [6, 6.07) is 5.71. The van der Waals surface area contributed by atoms with Gasteiger partial charge in [-0.1, -0.05) is 12.1 Å². The quantitative estimate of drug-likeness (QED) is 0.767. The van der Waals surface area contributed by atoms with Gasteiger partial charge in [0.25, 0.3) is 0 Å². The molecule has 0 amide bonds. The van der Waals surface area contributed by atoms with Crippen LogP contribution < -0.4 is 11.4 Å². The highest BCUT2D eigenvalue weighted by molar-refractivity contribution is 7.99. The fourth-order valence-electron chi connectivity index (χ4n) is 1.33. The summed E-state index contributed by atoms with van der Waals surface area (Å²) >= 11 is 1.38. The molecule has 0 aliphatic heterocycles. The molecule has 0 saturated heterocycles. The number of hydrogen-bond donors (Lipinski definition) is 2. The average molecular weight is 236 g/mol. The van der Waals surface area contributed by atoms with Gasteiger partial charge in [0, 0.05) is 17.6 Å². The number of nitrogens with one attached hydrogen (secondary N) is 1. The Kier molecular flexibility index (Phi) is 2.74. The molecule has 6 heteroatoms. The SMILES string of the molecule is Cc1cccc(N)c1Sc1n[nH]c(=O)n1C. The minimum Gasteiger partial charge on any atom is -0.398 e. The zero-order chi connectivity index (χ0) is 11.7. The smallest absolute Gasteiger partial charge is 0.343 e. The van der Waals surface area contributed by atoms with Crippen LogP contribution in [0.25, 0.3) is 0 Å². The Bertz CT molecular complexity index is 552. The number of aromatic nitrogens is 3. The van der Waals surface area contributed by atoms with Gasteiger partial charge < -0.3 is 5.73 Å². The van der Waals surface area contributed by atoms with E-state index >= 15 is 0 Å². The summed E-state index contributed by atoms with van der Waals surface area (Å²) in [6.45, 7) is 1.98. The molecule has 2 aromatic rings. The summed E-state index contributed by atoms with van der Waals surface area (Å²) in [6.07, 6.45) is 0. The number of aromatic amines is 1. The van der Waals surface area contributed by atoms with Crippen molar-refractivity contribution < 1.29 is 0 Å². The normalized spacial score (nSPS) is 10.6. The van der Waals surface area contributed by atoms with Gasteiger partial charge in [-0.2, -0.15) is 0 Å². The molecule has 0 aliphatic carbocycles. The molecule has 0 unspecified atom stereocenters. The number of H-pyrrole nitrogens is 1. The zero-order valence-electron chi connectivity index (χ0n) is 9.02. The maximum absolute atomic E-state index is 11.2. The van der Waals surface area contributed by atoms with E-state index in [4.69, 9.17) is 5.73 Å². The molecule has 1 aromatic carbocycles. The second-order valence-electron chi connectivity index (χ2n) is 3.47. The molecular formula is C10H12N4OS. The molecule has 16 heavy (non-hydrogen) atoms. The summed E-state index contributed by atoms with van der Waals surface area (Å²) in [7, 11) is 1.67. The van der Waals surface area contributed by atoms with Gasteiger partial charge >= 0.3 is 5.69 Å². The number of benzene rings is 1. The molecule has 0 spiro atoms. The van der Waals surface area contributed by atoms with Gasteiger partial charge in [-0.15, -0.1) is 5.10 Å². The van der Waals surface area contributed by atoms with Gasteiger partial charge in [-0.05, 0) is 30.3 Å². The van der Waals surface area contributed by atoms with E-state index in [0.29, 0.717) is 10.8 Å². The maximum Gasteiger partial charge on any atom is 0.343 e. The van der Waals surface area contributed by atoms with Crippen LogP contribution in [0.2, 0.25) is 0 Å². The molecule has 0 saturated carbocycles. The number of nitrogen functional groups attached to an aromatic ring is 1. The van der Waals surface area contributed by atoms with Gasteiger partial charge in [0.05, 0.1) is 0 Å². The lowest BCUT2D eigenvalue weighted by Crippen LogP contribution is -2.12. The fraction of sp³-hybridized carbons (Fsp3) is 0.200. The van der Waals surface area contributed by atoms with Crippen molar-refractivity contribution in [2.45, 2.75) is 17.0 Å². The number of hydrogen-bond acceptors (Lipinski definition) is 4. The maximum atomic E-state index is 11.2. The fourth-order valence-corrected chi connectivity index (χ4v) is 2.24. The topological polar surface area (TPSA) is 76.7 Å². The van der Waals surface area contributed by atoms with Crippen LogP contribution >= 0.6 is 11.8 Å². The Labute approximate surface area is 96.7 Å². The third-order valence-corrected chi connectivity index (χ3v) is 3.58. The first-order valence-corrected chi connectivity index (χ1v) is 5.55. The molecular weight excluding hydrogens is 224 g/mol. The minimum absolute atomic E-state index is 0.227. The summed E-state index contributed by atoms with van der Waals surface area (Å²) in [5.41, 5.74) is 7.42. The highest BCUT2D eigenvalue weighted by atomic mass is 32.2. The van der Waals surface area contributed by atoms with Crippen LogP contribution in [0.5, 0.6) is 0 Å². The van der Waals surface area contributed by atoms with E-state index in [2.05, 4.69) is 10.2 Å². The van der Waals surface area contributed by atoms with E-state index in [1.807, 2.05) is 25.1 Å². The standard InChI is InChI=1S/C10H12N4OS/c1-6-4-3-5-7(11)8(6)16-10-13-12-9(15)14(10)2/h3-5H,11H2,1-2H3,(H,12,15). The van der Waals surface area contributed by atoms with Crippen LogP contribution in [0, 0.1) is 6.92 Å². The molecule has 1 heterocycles. The van der Waals surface area contributed by atoms with E-state index in [9.17, 15) is 4.79 Å². The summed E-state index contributed by atoms with van der Waals surface area (Å²) in [5, 5.41) is 6.92. The Balaban J connectivity index is 2.41. The number of aryl methyl sites for hydroxylation is 1. The highest BCUT2D eigenvalue weighted by Crippen LogP contribution is 2.32. The third kappa shape index (κ3) is 1.83. The van der Waals surface area contributed by atoms with Gasteiger partial charge in [-0.25, -0.2) is 9.89 Å². The molecule has 0 radical (unpaired) electrons. The Morgan fingerprint density at radius 2 is 2.25 bits per heavy atom. The van der Waals surface area contributed by atoms with Crippen molar-refractivity contribution in [3.05, 3.63) is 34.2 Å². The first-order valence-electron chi connectivity index (χ1n) is 4.74. The molecule has 3 N–H and O–H groups in total. The number of nitrogens with two attached hydrogens (primary N) is 1. The van der Waals surface area contributed by atoms with Crippen LogP contribution in [-0.2, 0) is 7.05 Å². The van der Waals surface area contributed by atoms with Crippen LogP contribution in [0.1, 0.15) is 5.56 Å². The molecule has 5 nitrogen and oxygen atoms in total. The van der Waals surface area contributed by atoms with E-state index in [-0.39, 0.29) is 5.69 Å². The predicted octanol–water partition coefficient (Wildman–Crippen LogP) is 1.15. The lowest BCUT2D eigenvalue weighted by Gasteiger charge is -2.07. The van der Waals surface area contributed by atoms with Crippen molar-refractivity contribution >= 4 is 17.4 Å². The zero-order valence-corrected chi connectivity index (χ0v) is 9.84. The highest BCUT2D eigenvalue weighted by Gasteiger charge is 2.10. The molecule has 84 valence electrons. The average Bonchev–Trinajstić information content (AvgIpc) is 2.55. The lowest BCUT2D eigenvalue weighted by atomic mass is 10.2. The van der Waals surface area contributed by atoms with Crippen molar-refractivity contribution in [1.82, 2.24) is 14.8 Å². The van der Waals surface area contributed by atoms with Crippen LogP contribution in [-0.4, -0.2) is 14.8 Å². The van der Waals surface area contributed by atoms with Crippen molar-refractivity contribution in [1.29, 1.82) is 0 Å². The molecule has 0 fully saturated rings. The van der Waals surface area contributed by atoms with E-state index in [1.165, 1.54) is 16.3 Å². The van der Waals surface area contributed by atoms with Crippen LogP contribution in [0.15, 0.2) is 33.0 Å². The molecule has 2 rings (SSSR count). The van der Waals surface area contributed by atoms with Crippen molar-refractivity contribution in [3.63, 3.8) is 0 Å². The van der Waals surface area contributed by atoms with Crippen molar-refractivity contribution in [2.75, 3.05) is 5.73 Å². The molecule has 0 atom stereocenters. The monoisotopic (exact) mass is 236 g/mol. The number of anilines is 1. The second-order valence-corrected chi connectivity index (χ2v) is 4.44. The van der Waals surface area contributed by atoms with Crippen molar-refractivity contribution in [2.24, 2.45) is 7.05 Å². The summed E-state index contributed by atoms with van der Waals surface area (Å²) < 4.78 is 1.45. The van der Waals surface area contributed by atoms with Gasteiger partial charge in [0.15, 0.2) is 5.16 Å². The van der Waals surface area contributed by atoms with E-state index in [0.717, 1.165) is 10.5 Å². The minimum atomic E-state index is -0.227. The largest absolute Gasteiger partial charge is 0.398 e. The molecule has 0 bridgehead atoms. The predicted molar refractivity (Wildman–Crippen MR) is 63.5 cm³/mol. The number of nitrogens with zero attached hydrogens (tertiary/aromatic N) is 2. The van der Waals surface area contributed by atoms with Crippen LogP contribution in [0.4, 0.5) is 5.69 Å². The van der Waals surface area contributed by atoms with E-state index < -0.39 is 0 Å². The van der Waals surface area contributed by atoms with Gasteiger partial charge in [0.2, 0.25) is 0 Å². The Hall–Kier alpha value is -1.69. The third-order valence-electron chi connectivity index (χ3n) is 2.27.